The minimum Gasteiger partial charge on any atom is -0.394 e. The Morgan fingerprint density at radius 1 is 1.33 bits per heavy atom. The topological polar surface area (TPSA) is 162 Å². The minimum atomic E-state index is -1.45. The maximum absolute atomic E-state index is 11.9. The van der Waals surface area contributed by atoms with E-state index in [1.54, 1.807) is 0 Å². The Labute approximate surface area is 136 Å². The highest BCUT2D eigenvalue weighted by Crippen LogP contribution is 2.28. The Bertz CT molecular complexity index is 721. The molecule has 24 heavy (non-hydrogen) atoms. The van der Waals surface area contributed by atoms with Crippen LogP contribution in [0.25, 0.3) is 0 Å². The Balaban J connectivity index is 2.32. The molecule has 2 heterocycles. The first-order valence-corrected chi connectivity index (χ1v) is 7.30. The number of rotatable bonds is 4. The first-order chi connectivity index (χ1) is 11.1. The minimum absolute atomic E-state index is 0.0969. The molecule has 1 aromatic rings. The number of aliphatic hydroxyl groups is 3. The lowest BCUT2D eigenvalue weighted by molar-refractivity contribution is -0.0549. The van der Waals surface area contributed by atoms with E-state index in [0.717, 1.165) is 10.8 Å². The highest BCUT2D eigenvalue weighted by Gasteiger charge is 2.43. The lowest BCUT2D eigenvalue weighted by Crippen LogP contribution is -2.38. The van der Waals surface area contributed by atoms with Crippen molar-refractivity contribution in [2.24, 2.45) is 10.3 Å². The molecule has 134 valence electrons. The monoisotopic (exact) mass is 343 g/mol. The van der Waals surface area contributed by atoms with Crippen molar-refractivity contribution in [3.8, 4) is 0 Å². The molecule has 0 unspecified atom stereocenters. The average Bonchev–Trinajstić information content (AvgIpc) is 2.76. The van der Waals surface area contributed by atoms with Gasteiger partial charge in [-0.1, -0.05) is 5.22 Å². The first-order valence-electron chi connectivity index (χ1n) is 7.30. The molecule has 0 bridgehead atoms. The zero-order valence-corrected chi connectivity index (χ0v) is 13.5. The number of nitrogens with zero attached hydrogens (tertiary/aromatic N) is 3. The van der Waals surface area contributed by atoms with Gasteiger partial charge in [-0.15, -0.1) is 0 Å². The van der Waals surface area contributed by atoms with Crippen LogP contribution >= 0.6 is 0 Å². The second-order valence-electron chi connectivity index (χ2n) is 6.42. The molecule has 0 spiro atoms. The maximum atomic E-state index is 11.9. The van der Waals surface area contributed by atoms with Gasteiger partial charge in [0.15, 0.2) is 6.23 Å². The Morgan fingerprint density at radius 3 is 2.54 bits per heavy atom. The van der Waals surface area contributed by atoms with Crippen molar-refractivity contribution >= 4 is 5.69 Å². The van der Waals surface area contributed by atoms with Gasteiger partial charge in [0.25, 0.3) is 5.56 Å². The molecule has 1 fully saturated rings. The highest BCUT2D eigenvalue weighted by atomic mass is 16.6. The quantitative estimate of drug-likeness (QED) is 0.336. The zero-order chi connectivity index (χ0) is 18.1. The smallest absolute Gasteiger partial charge is 0.330 e. The van der Waals surface area contributed by atoms with E-state index >= 15 is 0 Å². The van der Waals surface area contributed by atoms with Gasteiger partial charge < -0.3 is 20.1 Å². The second-order valence-corrected chi connectivity index (χ2v) is 6.42. The van der Waals surface area contributed by atoms with E-state index in [0.29, 0.717) is 0 Å². The fraction of sp³-hybridized carbons (Fsp3) is 0.692. The summed E-state index contributed by atoms with van der Waals surface area (Å²) < 4.78 is 6.17. The highest BCUT2D eigenvalue weighted by molar-refractivity contribution is 5.36. The van der Waals surface area contributed by atoms with E-state index in [9.17, 15) is 19.8 Å². The Morgan fingerprint density at radius 2 is 2.00 bits per heavy atom. The number of hydrogen-bond donors (Lipinski definition) is 5. The van der Waals surface area contributed by atoms with Gasteiger partial charge in [0.05, 0.1) is 12.1 Å². The number of anilines is 1. The van der Waals surface area contributed by atoms with Crippen molar-refractivity contribution in [1.29, 1.82) is 0 Å². The summed E-state index contributed by atoms with van der Waals surface area (Å²) in [6.45, 7) is 4.89. The van der Waals surface area contributed by atoms with Crippen LogP contribution in [0.4, 0.5) is 5.69 Å². The van der Waals surface area contributed by atoms with Crippen molar-refractivity contribution in [3.63, 3.8) is 0 Å². The van der Waals surface area contributed by atoms with Crippen molar-refractivity contribution < 1.29 is 20.1 Å². The predicted octanol–water partition coefficient (Wildman–Crippen LogP) is -1.27. The van der Waals surface area contributed by atoms with Crippen LogP contribution in [0.2, 0.25) is 0 Å². The number of ether oxygens (including phenoxy) is 1. The molecular weight excluding hydrogens is 322 g/mol. The second kappa shape index (κ2) is 6.81. The van der Waals surface area contributed by atoms with E-state index in [1.807, 2.05) is 20.8 Å². The maximum Gasteiger partial charge on any atom is 0.330 e. The van der Waals surface area contributed by atoms with Gasteiger partial charge in [-0.25, -0.2) is 4.79 Å². The number of H-pyrrole nitrogens is 1. The Hall–Kier alpha value is -2.08. The molecule has 1 aliphatic rings. The summed E-state index contributed by atoms with van der Waals surface area (Å²) >= 11 is 0. The van der Waals surface area contributed by atoms with E-state index in [4.69, 9.17) is 9.84 Å². The van der Waals surface area contributed by atoms with Crippen molar-refractivity contribution in [2.45, 2.75) is 50.8 Å². The average molecular weight is 343 g/mol. The molecule has 0 aromatic carbocycles. The van der Waals surface area contributed by atoms with E-state index in [2.05, 4.69) is 20.7 Å². The van der Waals surface area contributed by atoms with Crippen LogP contribution in [-0.2, 0) is 4.74 Å². The molecule has 4 atom stereocenters. The molecule has 0 amide bonds. The largest absolute Gasteiger partial charge is 0.394 e. The van der Waals surface area contributed by atoms with Gasteiger partial charge in [0.1, 0.15) is 24.0 Å². The number of aromatic nitrogens is 2. The molecule has 1 saturated heterocycles. The third kappa shape index (κ3) is 3.87. The fourth-order valence-electron chi connectivity index (χ4n) is 2.09. The number of nitrogens with one attached hydrogen (secondary N) is 2. The number of aromatic amines is 1. The molecule has 11 nitrogen and oxygen atoms in total. The third-order valence-electron chi connectivity index (χ3n) is 3.28. The molecule has 11 heteroatoms. The van der Waals surface area contributed by atoms with Crippen LogP contribution in [-0.4, -0.2) is 55.3 Å². The molecule has 0 aliphatic carbocycles. The van der Waals surface area contributed by atoms with Crippen molar-refractivity contribution in [2.75, 3.05) is 12.0 Å². The predicted molar refractivity (Wildman–Crippen MR) is 82.6 cm³/mol. The van der Waals surface area contributed by atoms with E-state index < -0.39 is 47.9 Å². The molecule has 0 radical (unpaired) electrons. The molecular formula is C13H21N5O6. The molecule has 5 N–H and O–H groups in total. The summed E-state index contributed by atoms with van der Waals surface area (Å²) in [5.74, 6) is 0. The van der Waals surface area contributed by atoms with Crippen LogP contribution in [0.3, 0.4) is 0 Å². The van der Waals surface area contributed by atoms with Gasteiger partial charge in [0.2, 0.25) is 0 Å². The van der Waals surface area contributed by atoms with Crippen LogP contribution < -0.4 is 16.7 Å². The summed E-state index contributed by atoms with van der Waals surface area (Å²) in [6.07, 6.45) is -4.02. The summed E-state index contributed by atoms with van der Waals surface area (Å²) in [6, 6.07) is 0. The van der Waals surface area contributed by atoms with Gasteiger partial charge >= 0.3 is 5.69 Å². The Kier molecular flexibility index (Phi) is 5.18. The van der Waals surface area contributed by atoms with Crippen LogP contribution in [0.15, 0.2) is 26.1 Å². The molecule has 1 aromatic heterocycles. The fourth-order valence-corrected chi connectivity index (χ4v) is 2.09. The van der Waals surface area contributed by atoms with Gasteiger partial charge in [-0.2, -0.15) is 5.11 Å². The molecule has 2 rings (SSSR count). The number of aliphatic hydroxyl groups excluding tert-OH is 3. The van der Waals surface area contributed by atoms with Crippen LogP contribution in [0.1, 0.15) is 27.0 Å². The lowest BCUT2D eigenvalue weighted by Gasteiger charge is -2.17. The summed E-state index contributed by atoms with van der Waals surface area (Å²) in [5, 5.41) is 36.4. The van der Waals surface area contributed by atoms with Crippen LogP contribution in [0, 0.1) is 0 Å². The number of hydrogen-bond acceptors (Lipinski definition) is 8. The first kappa shape index (κ1) is 18.3. The van der Waals surface area contributed by atoms with Gasteiger partial charge in [-0.3, -0.25) is 19.8 Å². The van der Waals surface area contributed by atoms with Crippen molar-refractivity contribution in [3.05, 3.63) is 27.0 Å². The van der Waals surface area contributed by atoms with Crippen molar-refractivity contribution in [1.82, 2.24) is 9.55 Å². The standard InChI is InChI=1S/C13H21N5O6/c1-13(2,3)16-17-15-6-4-18(12(23)14-10(6)22)11-9(21)8(20)7(5-19)24-11/h4,7-9,11,19-21H,5H2,1-3H3,(H,15,16)(H,14,22,23)/t7-,8+,9+,11+/m0/s1. The summed E-state index contributed by atoms with van der Waals surface area (Å²) in [4.78, 5) is 25.8. The normalized spacial score (nSPS) is 27.8. The molecule has 1 aliphatic heterocycles. The van der Waals surface area contributed by atoms with E-state index in [1.165, 1.54) is 0 Å². The molecule has 0 saturated carbocycles. The summed E-state index contributed by atoms with van der Waals surface area (Å²) in [7, 11) is 0. The zero-order valence-electron chi connectivity index (χ0n) is 13.5. The van der Waals surface area contributed by atoms with E-state index in [-0.39, 0.29) is 5.69 Å². The lowest BCUT2D eigenvalue weighted by atomic mass is 10.1. The van der Waals surface area contributed by atoms with Gasteiger partial charge in [-0.05, 0) is 20.8 Å². The van der Waals surface area contributed by atoms with Gasteiger partial charge in [0, 0.05) is 6.20 Å². The SMILES string of the molecule is CC(C)(C)N=NNc1cn([C@@H]2O[C@@H](CO)[C@@H](O)[C@H]2O)c(=O)[nH]c1=O. The van der Waals surface area contributed by atoms with Crippen LogP contribution in [0.5, 0.6) is 0 Å². The summed E-state index contributed by atoms with van der Waals surface area (Å²) in [5.41, 5.74) is 0.294. The third-order valence-corrected chi connectivity index (χ3v) is 3.28.